The number of benzene rings is 1. The van der Waals surface area contributed by atoms with Gasteiger partial charge in [-0.2, -0.15) is 0 Å². The zero-order valence-electron chi connectivity index (χ0n) is 18.0. The molecule has 0 radical (unpaired) electrons. The summed E-state index contributed by atoms with van der Waals surface area (Å²) >= 11 is 7.48. The molecule has 6 nitrogen and oxygen atoms in total. The second-order valence-electron chi connectivity index (χ2n) is 7.67. The Morgan fingerprint density at radius 2 is 1.94 bits per heavy atom. The molecule has 0 bridgehead atoms. The maximum absolute atomic E-state index is 5.85. The lowest BCUT2D eigenvalue weighted by atomic mass is 9.96. The first kappa shape index (κ1) is 20.7. The van der Waals surface area contributed by atoms with Crippen molar-refractivity contribution >= 4 is 34.4 Å². The Balaban J connectivity index is 1.68. The summed E-state index contributed by atoms with van der Waals surface area (Å²) in [5.41, 5.74) is 5.38. The van der Waals surface area contributed by atoms with Gasteiger partial charge in [0, 0.05) is 40.9 Å². The fourth-order valence-electron chi connectivity index (χ4n) is 4.42. The van der Waals surface area contributed by atoms with Crippen LogP contribution in [0, 0.1) is 13.8 Å². The van der Waals surface area contributed by atoms with E-state index in [-0.39, 0.29) is 12.1 Å². The summed E-state index contributed by atoms with van der Waals surface area (Å²) in [5, 5.41) is 7.15. The second kappa shape index (κ2) is 8.37. The summed E-state index contributed by atoms with van der Waals surface area (Å²) in [6.07, 6.45) is 3.66. The minimum Gasteiger partial charge on any atom is -0.497 e. The number of ether oxygens (including phenoxy) is 1. The first-order valence-corrected chi connectivity index (χ1v) is 11.6. The van der Waals surface area contributed by atoms with E-state index in [1.165, 1.54) is 5.56 Å². The van der Waals surface area contributed by atoms with E-state index in [1.54, 1.807) is 18.4 Å². The van der Waals surface area contributed by atoms with Gasteiger partial charge in [0.05, 0.1) is 24.9 Å². The van der Waals surface area contributed by atoms with E-state index >= 15 is 0 Å². The third-order valence-electron chi connectivity index (χ3n) is 5.83. The number of hydrogen-bond donors (Lipinski definition) is 1. The van der Waals surface area contributed by atoms with Gasteiger partial charge in [-0.3, -0.25) is 9.55 Å². The molecule has 4 heterocycles. The summed E-state index contributed by atoms with van der Waals surface area (Å²) in [7, 11) is 1.68. The van der Waals surface area contributed by atoms with Crippen molar-refractivity contribution in [2.75, 3.05) is 12.0 Å². The third-order valence-corrected chi connectivity index (χ3v) is 6.90. The number of pyridine rings is 1. The van der Waals surface area contributed by atoms with E-state index < -0.39 is 0 Å². The molecule has 1 fully saturated rings. The minimum atomic E-state index is -0.0971. The van der Waals surface area contributed by atoms with E-state index in [0.717, 1.165) is 33.7 Å². The molecule has 32 heavy (non-hydrogen) atoms. The van der Waals surface area contributed by atoms with E-state index in [1.807, 2.05) is 54.2 Å². The second-order valence-corrected chi connectivity index (χ2v) is 8.93. The Bertz CT molecular complexity index is 1250. The van der Waals surface area contributed by atoms with Gasteiger partial charge >= 0.3 is 0 Å². The Morgan fingerprint density at radius 1 is 1.06 bits per heavy atom. The lowest BCUT2D eigenvalue weighted by Crippen LogP contribution is -2.29. The van der Waals surface area contributed by atoms with Crippen LogP contribution in [0.4, 0.5) is 5.69 Å². The van der Waals surface area contributed by atoms with Crippen LogP contribution in [-0.2, 0) is 0 Å². The summed E-state index contributed by atoms with van der Waals surface area (Å²) in [6.45, 7) is 4.26. The summed E-state index contributed by atoms with van der Waals surface area (Å²) in [6, 6.07) is 16.0. The highest BCUT2D eigenvalue weighted by Crippen LogP contribution is 2.44. The predicted octanol–water partition coefficient (Wildman–Crippen LogP) is 5.13. The van der Waals surface area contributed by atoms with Gasteiger partial charge in [-0.1, -0.05) is 12.1 Å². The minimum absolute atomic E-state index is 0.0792. The molecule has 0 unspecified atom stereocenters. The van der Waals surface area contributed by atoms with Crippen LogP contribution in [0.15, 0.2) is 66.3 Å². The van der Waals surface area contributed by atoms with E-state index in [4.69, 9.17) is 17.0 Å². The molecule has 0 saturated carbocycles. The van der Waals surface area contributed by atoms with Gasteiger partial charge in [-0.05, 0) is 62.0 Å². The van der Waals surface area contributed by atoms with E-state index in [0.29, 0.717) is 5.11 Å². The van der Waals surface area contributed by atoms with Crippen molar-refractivity contribution in [3.05, 3.63) is 88.9 Å². The van der Waals surface area contributed by atoms with E-state index in [9.17, 15) is 0 Å². The molecular weight excluding hydrogens is 438 g/mol. The molecule has 0 amide bonds. The van der Waals surface area contributed by atoms with Crippen LogP contribution in [0.25, 0.3) is 5.13 Å². The molecule has 3 aromatic heterocycles. The molecule has 0 spiro atoms. The molecule has 1 aliphatic rings. The Labute approximate surface area is 196 Å². The SMILES string of the molecule is COc1cccc(N2C(=S)N[C@H](c3ccccn3)[C@@H]2c2cc(C)n(-c3nccs3)c2C)c1. The van der Waals surface area contributed by atoms with Gasteiger partial charge in [-0.15, -0.1) is 11.3 Å². The van der Waals surface area contributed by atoms with Crippen molar-refractivity contribution in [1.29, 1.82) is 0 Å². The van der Waals surface area contributed by atoms with Crippen molar-refractivity contribution in [3.8, 4) is 10.9 Å². The van der Waals surface area contributed by atoms with Crippen LogP contribution < -0.4 is 15.0 Å². The molecular formula is C24H23N5OS2. The van der Waals surface area contributed by atoms with Crippen molar-refractivity contribution in [2.24, 2.45) is 0 Å². The molecule has 1 aromatic carbocycles. The maximum Gasteiger partial charge on any atom is 0.193 e. The van der Waals surface area contributed by atoms with Crippen LogP contribution >= 0.6 is 23.6 Å². The average Bonchev–Trinajstić information content (AvgIpc) is 3.52. The number of nitrogens with one attached hydrogen (secondary N) is 1. The number of aromatic nitrogens is 3. The van der Waals surface area contributed by atoms with Crippen LogP contribution in [0.2, 0.25) is 0 Å². The van der Waals surface area contributed by atoms with Gasteiger partial charge in [-0.25, -0.2) is 4.98 Å². The summed E-state index contributed by atoms with van der Waals surface area (Å²) in [5.74, 6) is 0.790. The molecule has 1 saturated heterocycles. The number of methoxy groups -OCH3 is 1. The molecule has 1 aliphatic heterocycles. The van der Waals surface area contributed by atoms with Crippen molar-refractivity contribution < 1.29 is 4.74 Å². The Kier molecular flexibility index (Phi) is 5.40. The Hall–Kier alpha value is -3.23. The zero-order chi connectivity index (χ0) is 22.2. The topological polar surface area (TPSA) is 55.2 Å². The largest absolute Gasteiger partial charge is 0.497 e. The lowest BCUT2D eigenvalue weighted by molar-refractivity contribution is 0.415. The van der Waals surface area contributed by atoms with Gasteiger partial charge in [0.1, 0.15) is 5.75 Å². The molecule has 0 aliphatic carbocycles. The third kappa shape index (κ3) is 3.45. The van der Waals surface area contributed by atoms with Gasteiger partial charge < -0.3 is 15.0 Å². The highest BCUT2D eigenvalue weighted by atomic mass is 32.1. The first-order chi connectivity index (χ1) is 15.6. The number of thiocarbonyl (C=S) groups is 1. The molecule has 162 valence electrons. The van der Waals surface area contributed by atoms with Crippen LogP contribution in [0.5, 0.6) is 5.75 Å². The zero-order valence-corrected chi connectivity index (χ0v) is 19.7. The number of hydrogen-bond acceptors (Lipinski definition) is 5. The van der Waals surface area contributed by atoms with Crippen molar-refractivity contribution in [3.63, 3.8) is 0 Å². The monoisotopic (exact) mass is 461 g/mol. The fourth-order valence-corrected chi connectivity index (χ4v) is 5.51. The predicted molar refractivity (Wildman–Crippen MR) is 132 cm³/mol. The molecule has 2 atom stereocenters. The normalized spacial score (nSPS) is 18.1. The average molecular weight is 462 g/mol. The Morgan fingerprint density at radius 3 is 2.66 bits per heavy atom. The van der Waals surface area contributed by atoms with Gasteiger partial charge in [0.25, 0.3) is 0 Å². The highest BCUT2D eigenvalue weighted by Gasteiger charge is 2.42. The van der Waals surface area contributed by atoms with Crippen LogP contribution in [0.3, 0.4) is 0 Å². The van der Waals surface area contributed by atoms with Crippen LogP contribution in [0.1, 0.15) is 34.7 Å². The maximum atomic E-state index is 5.85. The van der Waals surface area contributed by atoms with Gasteiger partial charge in [0.15, 0.2) is 10.2 Å². The number of nitrogens with zero attached hydrogens (tertiary/aromatic N) is 4. The first-order valence-electron chi connectivity index (χ1n) is 10.3. The number of anilines is 1. The van der Waals surface area contributed by atoms with Gasteiger partial charge in [0.2, 0.25) is 0 Å². The molecule has 4 aromatic rings. The van der Waals surface area contributed by atoms with Crippen LogP contribution in [-0.4, -0.2) is 26.8 Å². The van der Waals surface area contributed by atoms with Crippen molar-refractivity contribution in [2.45, 2.75) is 25.9 Å². The highest BCUT2D eigenvalue weighted by molar-refractivity contribution is 7.80. The number of rotatable bonds is 5. The summed E-state index contributed by atoms with van der Waals surface area (Å²) in [4.78, 5) is 11.4. The molecule has 1 N–H and O–H groups in total. The molecule has 5 rings (SSSR count). The fraction of sp³-hybridized carbons (Fsp3) is 0.208. The number of aryl methyl sites for hydroxylation is 1. The quantitative estimate of drug-likeness (QED) is 0.416. The smallest absolute Gasteiger partial charge is 0.193 e. The van der Waals surface area contributed by atoms with Crippen molar-refractivity contribution in [1.82, 2.24) is 19.9 Å². The number of thiazole rings is 1. The van der Waals surface area contributed by atoms with E-state index in [2.05, 4.69) is 50.7 Å². The standard InChI is InChI=1S/C24H23N5OS2/c1-15-13-19(16(2)28(15)24-26-11-12-32-24)22-21(20-9-4-5-10-25-20)27-23(31)29(22)17-7-6-8-18(14-17)30-3/h4-14,21-22H,1-3H3,(H,27,31)/t21-,22+/m1/s1. The molecule has 8 heteroatoms. The summed E-state index contributed by atoms with van der Waals surface area (Å²) < 4.78 is 7.69. The lowest BCUT2D eigenvalue weighted by Gasteiger charge is -2.28.